The van der Waals surface area contributed by atoms with Crippen molar-refractivity contribution in [3.05, 3.63) is 65.7 Å². The number of hydroxylamine groups is 4. The second-order valence-electron chi connectivity index (χ2n) is 5.80. The van der Waals surface area contributed by atoms with Crippen LogP contribution in [0.3, 0.4) is 0 Å². The van der Waals surface area contributed by atoms with Crippen molar-refractivity contribution in [2.75, 3.05) is 6.54 Å². The summed E-state index contributed by atoms with van der Waals surface area (Å²) < 4.78 is 0. The molecule has 0 saturated carbocycles. The summed E-state index contributed by atoms with van der Waals surface area (Å²) in [6.07, 6.45) is 2.03. The van der Waals surface area contributed by atoms with Gasteiger partial charge in [0.25, 0.3) is 0 Å². The van der Waals surface area contributed by atoms with Crippen LogP contribution in [0.15, 0.2) is 54.6 Å². The van der Waals surface area contributed by atoms with Crippen LogP contribution in [-0.4, -0.2) is 32.9 Å². The van der Waals surface area contributed by atoms with Gasteiger partial charge in [0.05, 0.1) is 0 Å². The summed E-state index contributed by atoms with van der Waals surface area (Å²) in [5.74, 6) is 0.245. The average molecular weight is 302 g/mol. The predicted octanol–water partition coefficient (Wildman–Crippen LogP) is 3.55. The lowest BCUT2D eigenvalue weighted by atomic mass is 10.1. The monoisotopic (exact) mass is 302 g/mol. The molecular formula is C18H24NO3+. The number of hydrogen-bond donors (Lipinski definition) is 3. The second-order valence-corrected chi connectivity index (χ2v) is 5.80. The van der Waals surface area contributed by atoms with Gasteiger partial charge in [-0.25, -0.2) is 0 Å². The van der Waals surface area contributed by atoms with Crippen molar-refractivity contribution >= 4 is 0 Å². The molecule has 0 bridgehead atoms. The van der Waals surface area contributed by atoms with Crippen molar-refractivity contribution in [1.29, 1.82) is 0 Å². The third-order valence-corrected chi connectivity index (χ3v) is 4.07. The first-order chi connectivity index (χ1) is 10.5. The van der Waals surface area contributed by atoms with E-state index < -0.39 is 4.81 Å². The zero-order valence-corrected chi connectivity index (χ0v) is 12.9. The molecule has 1 atom stereocenters. The van der Waals surface area contributed by atoms with E-state index >= 15 is 0 Å². The van der Waals surface area contributed by atoms with Crippen LogP contribution < -0.4 is 0 Å². The van der Waals surface area contributed by atoms with Crippen LogP contribution in [0.25, 0.3) is 0 Å². The molecule has 0 spiro atoms. The number of phenols is 1. The van der Waals surface area contributed by atoms with Crippen LogP contribution in [0.4, 0.5) is 0 Å². The molecule has 22 heavy (non-hydrogen) atoms. The highest BCUT2D eigenvalue weighted by molar-refractivity contribution is 5.25. The minimum absolute atomic E-state index is 0.245. The van der Waals surface area contributed by atoms with E-state index in [2.05, 4.69) is 0 Å². The first-order valence-corrected chi connectivity index (χ1v) is 7.62. The van der Waals surface area contributed by atoms with Gasteiger partial charge < -0.3 is 5.11 Å². The van der Waals surface area contributed by atoms with E-state index in [1.807, 2.05) is 49.4 Å². The Hall–Kier alpha value is -1.88. The molecule has 2 aromatic carbocycles. The summed E-state index contributed by atoms with van der Waals surface area (Å²) in [4.78, 5) is -0.965. The van der Waals surface area contributed by atoms with Gasteiger partial charge in [-0.2, -0.15) is 10.4 Å². The van der Waals surface area contributed by atoms with Crippen molar-refractivity contribution in [1.82, 2.24) is 0 Å². The lowest BCUT2D eigenvalue weighted by molar-refractivity contribution is -1.26. The molecule has 0 aliphatic heterocycles. The standard InChI is InChI=1S/C18H23NO3/c1-15(7-8-17-9-11-18(20)12-10-17)19(21,22)14-13-16-5-3-2-4-6-16/h2-6,9-12,15,21-22H,7-8,13-14H2,1H3/p+1. The Balaban J connectivity index is 1.84. The topological polar surface area (TPSA) is 60.7 Å². The van der Waals surface area contributed by atoms with Crippen molar-refractivity contribution in [3.8, 4) is 5.75 Å². The van der Waals surface area contributed by atoms with E-state index in [1.54, 1.807) is 12.1 Å². The van der Waals surface area contributed by atoms with Gasteiger partial charge in [0.15, 0.2) is 0 Å². The molecule has 118 valence electrons. The Bertz CT molecular complexity index is 567. The molecule has 4 heteroatoms. The van der Waals surface area contributed by atoms with E-state index in [-0.39, 0.29) is 18.3 Å². The number of aryl methyl sites for hydroxylation is 1. The Morgan fingerprint density at radius 3 is 2.09 bits per heavy atom. The normalized spacial score (nSPS) is 13.0. The van der Waals surface area contributed by atoms with Crippen molar-refractivity contribution in [2.45, 2.75) is 32.2 Å². The van der Waals surface area contributed by atoms with E-state index in [9.17, 15) is 15.5 Å². The second kappa shape index (κ2) is 7.40. The van der Waals surface area contributed by atoms with Crippen LogP contribution in [0, 0.1) is 0 Å². The highest BCUT2D eigenvalue weighted by Crippen LogP contribution is 2.16. The van der Waals surface area contributed by atoms with E-state index in [4.69, 9.17) is 0 Å². The summed E-state index contributed by atoms with van der Waals surface area (Å²) in [7, 11) is 0. The van der Waals surface area contributed by atoms with E-state index in [0.717, 1.165) is 17.5 Å². The largest absolute Gasteiger partial charge is 0.508 e. The maximum atomic E-state index is 10.2. The van der Waals surface area contributed by atoms with Crippen molar-refractivity contribution in [3.63, 3.8) is 0 Å². The smallest absolute Gasteiger partial charge is 0.149 e. The Labute approximate surface area is 131 Å². The summed E-state index contributed by atoms with van der Waals surface area (Å²) in [5.41, 5.74) is 2.17. The third kappa shape index (κ3) is 4.84. The Morgan fingerprint density at radius 1 is 0.864 bits per heavy atom. The fraction of sp³-hybridized carbons (Fsp3) is 0.333. The SMILES string of the molecule is CC(CCc1ccc(O)cc1)[N+](O)(O)CCc1ccccc1. The van der Waals surface area contributed by atoms with Gasteiger partial charge in [-0.1, -0.05) is 42.5 Å². The lowest BCUT2D eigenvalue weighted by Crippen LogP contribution is -2.50. The first-order valence-electron chi connectivity index (χ1n) is 7.62. The first kappa shape index (κ1) is 16.5. The number of nitrogens with zero attached hydrogens (tertiary/aromatic N) is 1. The van der Waals surface area contributed by atoms with Gasteiger partial charge in [-0.05, 0) is 41.4 Å². The van der Waals surface area contributed by atoms with Crippen molar-refractivity contribution < 1.29 is 20.3 Å². The Kier molecular flexibility index (Phi) is 5.55. The fourth-order valence-electron chi connectivity index (χ4n) is 2.40. The molecule has 0 fully saturated rings. The van der Waals surface area contributed by atoms with Gasteiger partial charge in [0.2, 0.25) is 0 Å². The summed E-state index contributed by atoms with van der Waals surface area (Å²) in [6, 6.07) is 16.6. The van der Waals surface area contributed by atoms with Crippen LogP contribution in [-0.2, 0) is 12.8 Å². The number of rotatable bonds is 7. The van der Waals surface area contributed by atoms with Crippen LogP contribution in [0.2, 0.25) is 0 Å². The minimum Gasteiger partial charge on any atom is -0.508 e. The number of phenolic OH excluding ortho intramolecular Hbond substituents is 1. The van der Waals surface area contributed by atoms with Gasteiger partial charge >= 0.3 is 0 Å². The van der Waals surface area contributed by atoms with Gasteiger partial charge in [-0.15, -0.1) is 0 Å². The zero-order valence-electron chi connectivity index (χ0n) is 12.9. The highest BCUT2D eigenvalue weighted by Gasteiger charge is 2.30. The summed E-state index contributed by atoms with van der Waals surface area (Å²) in [5, 5.41) is 29.7. The van der Waals surface area contributed by atoms with Gasteiger partial charge in [-0.3, -0.25) is 0 Å². The highest BCUT2D eigenvalue weighted by atomic mass is 16.8. The van der Waals surface area contributed by atoms with Gasteiger partial charge in [0.1, 0.15) is 18.3 Å². The molecule has 0 aliphatic rings. The minimum atomic E-state index is -0.965. The Morgan fingerprint density at radius 2 is 1.45 bits per heavy atom. The lowest BCUT2D eigenvalue weighted by Gasteiger charge is -2.28. The van der Waals surface area contributed by atoms with Crippen LogP contribution in [0.1, 0.15) is 24.5 Å². The molecule has 0 aliphatic carbocycles. The fourth-order valence-corrected chi connectivity index (χ4v) is 2.40. The van der Waals surface area contributed by atoms with E-state index in [0.29, 0.717) is 12.8 Å². The molecule has 3 N–H and O–H groups in total. The average Bonchev–Trinajstić information content (AvgIpc) is 2.53. The molecule has 0 amide bonds. The quantitative estimate of drug-likeness (QED) is 0.541. The maximum Gasteiger partial charge on any atom is 0.149 e. The van der Waals surface area contributed by atoms with Crippen molar-refractivity contribution in [2.24, 2.45) is 0 Å². The molecule has 2 rings (SSSR count). The molecule has 0 radical (unpaired) electrons. The third-order valence-electron chi connectivity index (χ3n) is 4.07. The number of aromatic hydroxyl groups is 1. The summed E-state index contributed by atoms with van der Waals surface area (Å²) in [6.45, 7) is 2.10. The maximum absolute atomic E-state index is 10.2. The summed E-state index contributed by atoms with van der Waals surface area (Å²) >= 11 is 0. The molecule has 0 heterocycles. The number of hydrogen-bond acceptors (Lipinski definition) is 3. The number of benzene rings is 2. The molecule has 0 aromatic heterocycles. The molecule has 0 saturated heterocycles. The molecule has 4 nitrogen and oxygen atoms in total. The zero-order chi connectivity index (χ0) is 16.0. The molecule has 2 aromatic rings. The molecular weight excluding hydrogens is 278 g/mol. The van der Waals surface area contributed by atoms with E-state index in [1.165, 1.54) is 0 Å². The molecule has 1 unspecified atom stereocenters. The van der Waals surface area contributed by atoms with Crippen LogP contribution in [0.5, 0.6) is 5.75 Å². The van der Waals surface area contributed by atoms with Crippen LogP contribution >= 0.6 is 0 Å². The van der Waals surface area contributed by atoms with Gasteiger partial charge in [0, 0.05) is 12.8 Å². The predicted molar refractivity (Wildman–Crippen MR) is 84.7 cm³/mol. The number of quaternary nitrogens is 1.